The highest BCUT2D eigenvalue weighted by atomic mass is 16.7. The smallest absolute Gasteiger partial charge is 0.465 e. The summed E-state index contributed by atoms with van der Waals surface area (Å²) in [6, 6.07) is 5.74. The van der Waals surface area contributed by atoms with Crippen LogP contribution in [-0.2, 0) is 18.8 Å². The number of ether oxygens (including phenoxy) is 2. The number of nitrogens with one attached hydrogen (secondary N) is 1. The number of carbonyl (C=O) groups excluding carboxylic acids is 2. The monoisotopic (exact) mass is 460 g/mol. The molecule has 182 valence electrons. The minimum Gasteiger partial charge on any atom is -0.465 e. The topological polar surface area (TPSA) is 86.3 Å². The van der Waals surface area contributed by atoms with E-state index in [4.69, 9.17) is 18.8 Å². The predicted octanol–water partition coefficient (Wildman–Crippen LogP) is 3.58. The first kappa shape index (κ1) is 25.4. The second-order valence-electron chi connectivity index (χ2n) is 10.8. The van der Waals surface area contributed by atoms with Crippen LogP contribution in [0, 0.1) is 0 Å². The highest BCUT2D eigenvalue weighted by Gasteiger charge is 2.52. The Labute approximate surface area is 197 Å². The Balaban J connectivity index is 1.69. The molecule has 0 atom stereocenters. The summed E-state index contributed by atoms with van der Waals surface area (Å²) in [5.41, 5.74) is 0.341. The number of hydrogen-bond donors (Lipinski definition) is 1. The molecular weight excluding hydrogens is 423 g/mol. The number of hydrogen-bond acceptors (Lipinski definition) is 7. The molecule has 8 nitrogen and oxygen atoms in total. The van der Waals surface area contributed by atoms with Crippen LogP contribution >= 0.6 is 0 Å². The normalized spacial score (nSPS) is 20.5. The maximum absolute atomic E-state index is 12.6. The summed E-state index contributed by atoms with van der Waals surface area (Å²) in [4.78, 5) is 26.6. The molecule has 3 rings (SSSR count). The van der Waals surface area contributed by atoms with Gasteiger partial charge in [0.05, 0.1) is 23.9 Å². The van der Waals surface area contributed by atoms with E-state index in [0.717, 1.165) is 18.5 Å². The molecule has 0 unspecified atom stereocenters. The fourth-order valence-electron chi connectivity index (χ4n) is 3.88. The largest absolute Gasteiger partial charge is 0.495 e. The third-order valence-electron chi connectivity index (χ3n) is 6.48. The van der Waals surface area contributed by atoms with Gasteiger partial charge in [-0.15, -0.1) is 0 Å². The van der Waals surface area contributed by atoms with E-state index in [9.17, 15) is 9.59 Å². The van der Waals surface area contributed by atoms with Crippen LogP contribution in [0.1, 0.15) is 71.7 Å². The van der Waals surface area contributed by atoms with Gasteiger partial charge in [-0.2, -0.15) is 0 Å². The highest BCUT2D eigenvalue weighted by Crippen LogP contribution is 2.37. The Morgan fingerprint density at radius 2 is 1.67 bits per heavy atom. The number of esters is 1. The molecular formula is C24H37BN2O6. The Morgan fingerprint density at radius 1 is 1.09 bits per heavy atom. The van der Waals surface area contributed by atoms with Crippen LogP contribution in [-0.4, -0.2) is 67.1 Å². The summed E-state index contributed by atoms with van der Waals surface area (Å²) in [7, 11) is 0.707. The quantitative estimate of drug-likeness (QED) is 0.543. The Kier molecular flexibility index (Phi) is 7.06. The van der Waals surface area contributed by atoms with Gasteiger partial charge < -0.3 is 29.0 Å². The van der Waals surface area contributed by atoms with E-state index < -0.39 is 29.9 Å². The summed E-state index contributed by atoms with van der Waals surface area (Å²) in [5.74, 6) is -0.442. The standard InChI is InChI=1S/C24H37BN2O6/c1-22(2,3)31-21(29)27-13-11-16(12-14-27)26-17-9-10-19(18(15-17)20(28)30-8)25-32-23(4,5)24(6,7)33-25/h9-10,15-16,26H,11-14H2,1-8H3. The zero-order valence-corrected chi connectivity index (χ0v) is 21.1. The van der Waals surface area contributed by atoms with Crippen molar-refractivity contribution in [3.05, 3.63) is 23.8 Å². The molecule has 1 aromatic carbocycles. The van der Waals surface area contributed by atoms with Crippen molar-refractivity contribution < 1.29 is 28.4 Å². The SMILES string of the molecule is COC(=O)c1cc(NC2CCN(C(=O)OC(C)(C)C)CC2)ccc1B1OC(C)(C)C(C)(C)O1. The van der Waals surface area contributed by atoms with E-state index >= 15 is 0 Å². The van der Waals surface area contributed by atoms with E-state index in [-0.39, 0.29) is 12.1 Å². The molecule has 1 aromatic rings. The number of rotatable bonds is 4. The molecule has 0 bridgehead atoms. The van der Waals surface area contributed by atoms with Crippen molar-refractivity contribution in [2.24, 2.45) is 0 Å². The van der Waals surface area contributed by atoms with Gasteiger partial charge >= 0.3 is 19.2 Å². The minimum absolute atomic E-state index is 0.178. The summed E-state index contributed by atoms with van der Waals surface area (Å²) in [6.07, 6.45) is 1.29. The van der Waals surface area contributed by atoms with Crippen molar-refractivity contribution in [1.29, 1.82) is 0 Å². The van der Waals surface area contributed by atoms with Gasteiger partial charge in [0, 0.05) is 24.8 Å². The molecule has 0 aliphatic carbocycles. The van der Waals surface area contributed by atoms with E-state index in [0.29, 0.717) is 24.1 Å². The zero-order chi connectivity index (χ0) is 24.6. The Hall–Kier alpha value is -2.26. The number of nitrogens with zero attached hydrogens (tertiary/aromatic N) is 1. The first-order valence-corrected chi connectivity index (χ1v) is 11.5. The fourth-order valence-corrected chi connectivity index (χ4v) is 3.88. The average Bonchev–Trinajstić information content (AvgIpc) is 2.93. The number of benzene rings is 1. The van der Waals surface area contributed by atoms with Crippen LogP contribution < -0.4 is 10.8 Å². The van der Waals surface area contributed by atoms with Gasteiger partial charge in [0.2, 0.25) is 0 Å². The van der Waals surface area contributed by atoms with Crippen LogP contribution in [0.3, 0.4) is 0 Å². The van der Waals surface area contributed by atoms with Gasteiger partial charge in [-0.3, -0.25) is 0 Å². The number of piperidine rings is 1. The molecule has 2 aliphatic rings. The number of likely N-dealkylation sites (tertiary alicyclic amines) is 1. The Bertz CT molecular complexity index is 871. The molecule has 0 saturated carbocycles. The highest BCUT2D eigenvalue weighted by molar-refractivity contribution is 6.63. The minimum atomic E-state index is -0.657. The summed E-state index contributed by atoms with van der Waals surface area (Å²) >= 11 is 0. The average molecular weight is 460 g/mol. The van der Waals surface area contributed by atoms with E-state index in [1.807, 2.05) is 60.6 Å². The summed E-state index contributed by atoms with van der Waals surface area (Å²) in [6.45, 7) is 14.7. The predicted molar refractivity (Wildman–Crippen MR) is 128 cm³/mol. The van der Waals surface area contributed by atoms with Crippen molar-refractivity contribution >= 4 is 30.3 Å². The number of methoxy groups -OCH3 is 1. The second-order valence-corrected chi connectivity index (χ2v) is 10.8. The molecule has 9 heteroatoms. The number of carbonyl (C=O) groups is 2. The molecule has 2 aliphatic heterocycles. The van der Waals surface area contributed by atoms with E-state index in [2.05, 4.69) is 5.32 Å². The lowest BCUT2D eigenvalue weighted by Gasteiger charge is -2.34. The van der Waals surface area contributed by atoms with Crippen molar-refractivity contribution in [3.8, 4) is 0 Å². The molecule has 2 heterocycles. The molecule has 33 heavy (non-hydrogen) atoms. The Morgan fingerprint density at radius 3 is 2.18 bits per heavy atom. The van der Waals surface area contributed by atoms with Crippen molar-refractivity contribution in [3.63, 3.8) is 0 Å². The first-order valence-electron chi connectivity index (χ1n) is 11.5. The van der Waals surface area contributed by atoms with Crippen molar-refractivity contribution in [1.82, 2.24) is 4.90 Å². The van der Waals surface area contributed by atoms with Crippen LogP contribution in [0.15, 0.2) is 18.2 Å². The first-order chi connectivity index (χ1) is 15.2. The summed E-state index contributed by atoms with van der Waals surface area (Å²) in [5, 5.41) is 3.49. The van der Waals surface area contributed by atoms with E-state index in [1.54, 1.807) is 11.0 Å². The van der Waals surface area contributed by atoms with Crippen LogP contribution in [0.5, 0.6) is 0 Å². The molecule has 0 aromatic heterocycles. The van der Waals surface area contributed by atoms with Gasteiger partial charge in [-0.05, 0) is 78.9 Å². The van der Waals surface area contributed by atoms with Gasteiger partial charge in [-0.1, -0.05) is 6.07 Å². The van der Waals surface area contributed by atoms with Crippen LogP contribution in [0.4, 0.5) is 10.5 Å². The van der Waals surface area contributed by atoms with Crippen LogP contribution in [0.2, 0.25) is 0 Å². The molecule has 2 saturated heterocycles. The molecule has 1 amide bonds. The number of amides is 1. The van der Waals surface area contributed by atoms with Gasteiger partial charge in [-0.25, -0.2) is 9.59 Å². The third kappa shape index (κ3) is 5.82. The molecule has 1 N–H and O–H groups in total. The second kappa shape index (κ2) is 9.18. The van der Waals surface area contributed by atoms with E-state index in [1.165, 1.54) is 7.11 Å². The maximum atomic E-state index is 12.6. The van der Waals surface area contributed by atoms with Crippen molar-refractivity contribution in [2.45, 2.75) is 84.2 Å². The molecule has 2 fully saturated rings. The maximum Gasteiger partial charge on any atom is 0.495 e. The van der Waals surface area contributed by atoms with Gasteiger partial charge in [0.25, 0.3) is 0 Å². The van der Waals surface area contributed by atoms with Crippen molar-refractivity contribution in [2.75, 3.05) is 25.5 Å². The lowest BCUT2D eigenvalue weighted by Crippen LogP contribution is -2.44. The molecule has 0 radical (unpaired) electrons. The number of anilines is 1. The third-order valence-corrected chi connectivity index (χ3v) is 6.48. The van der Waals surface area contributed by atoms with Crippen LogP contribution in [0.25, 0.3) is 0 Å². The fraction of sp³-hybridized carbons (Fsp3) is 0.667. The van der Waals surface area contributed by atoms with Gasteiger partial charge in [0.15, 0.2) is 0 Å². The van der Waals surface area contributed by atoms with Gasteiger partial charge in [0.1, 0.15) is 5.60 Å². The molecule has 0 spiro atoms. The zero-order valence-electron chi connectivity index (χ0n) is 21.1. The summed E-state index contributed by atoms with van der Waals surface area (Å²) < 4.78 is 22.8. The lowest BCUT2D eigenvalue weighted by atomic mass is 9.75. The lowest BCUT2D eigenvalue weighted by molar-refractivity contribution is 0.00578.